The Balaban J connectivity index is 0.000000360. The maximum atomic E-state index is 12.9. The zero-order chi connectivity index (χ0) is 23.5. The van der Waals surface area contributed by atoms with Crippen molar-refractivity contribution in [3.05, 3.63) is 53.3 Å². The third-order valence-corrected chi connectivity index (χ3v) is 5.58. The molecule has 2 saturated heterocycles. The van der Waals surface area contributed by atoms with Gasteiger partial charge < -0.3 is 10.0 Å². The number of carbonyl (C=O) groups is 2. The number of carboxylic acid groups (broad SMARTS) is 1. The highest BCUT2D eigenvalue weighted by atomic mass is 19.4. The minimum Gasteiger partial charge on any atom is -0.475 e. The van der Waals surface area contributed by atoms with Gasteiger partial charge in [-0.15, -0.1) is 0 Å². The predicted molar refractivity (Wildman–Crippen MR) is 106 cm³/mol. The van der Waals surface area contributed by atoms with Gasteiger partial charge >= 0.3 is 12.1 Å². The quantitative estimate of drug-likeness (QED) is 0.772. The van der Waals surface area contributed by atoms with Gasteiger partial charge in [-0.3, -0.25) is 14.4 Å². The first kappa shape index (κ1) is 23.3. The second-order valence-corrected chi connectivity index (χ2v) is 7.70. The lowest BCUT2D eigenvalue weighted by atomic mass is 10.1. The Morgan fingerprint density at radius 3 is 2.53 bits per heavy atom. The van der Waals surface area contributed by atoms with Gasteiger partial charge in [0.15, 0.2) is 0 Å². The molecule has 0 radical (unpaired) electrons. The second-order valence-electron chi connectivity index (χ2n) is 7.70. The maximum Gasteiger partial charge on any atom is 0.490 e. The molecular weight excluding hydrogens is 427 g/mol. The molecule has 1 aromatic heterocycles. The van der Waals surface area contributed by atoms with Crippen LogP contribution in [0.1, 0.15) is 34.3 Å². The summed E-state index contributed by atoms with van der Waals surface area (Å²) in [5, 5.41) is 20.4. The van der Waals surface area contributed by atoms with Crippen LogP contribution < -0.4 is 0 Å². The van der Waals surface area contributed by atoms with Crippen molar-refractivity contribution in [2.24, 2.45) is 7.05 Å². The number of alkyl halides is 3. The number of aliphatic carboxylic acids is 1. The molecule has 2 aliphatic heterocycles. The van der Waals surface area contributed by atoms with Gasteiger partial charge in [0.25, 0.3) is 5.91 Å². The molecule has 32 heavy (non-hydrogen) atoms. The third kappa shape index (κ3) is 5.26. The number of nitriles is 1. The van der Waals surface area contributed by atoms with Gasteiger partial charge in [-0.25, -0.2) is 4.79 Å². The summed E-state index contributed by atoms with van der Waals surface area (Å²) in [6.07, 6.45) is 0.903. The lowest BCUT2D eigenvalue weighted by molar-refractivity contribution is -0.192. The molecule has 2 aromatic rings. The number of hydrogen-bond donors (Lipinski definition) is 1. The molecule has 0 bridgehead atoms. The standard InChI is InChI=1S/C19H21N5O.C2HF3O2/c1-22-12-15(11-21-22)13-23-7-5-18-17(23)6-8-24(18)19(25)16-4-2-3-14(9-16)10-20;3-2(4,5)1(6)7/h2-4,9,11-12,17-18H,5-8,13H2,1H3;(H,6,7)/t17-,18+;/m0./s1. The van der Waals surface area contributed by atoms with Crippen molar-refractivity contribution in [1.82, 2.24) is 19.6 Å². The van der Waals surface area contributed by atoms with Gasteiger partial charge in [-0.05, 0) is 31.0 Å². The van der Waals surface area contributed by atoms with Crippen LogP contribution in [0.3, 0.4) is 0 Å². The Labute approximate surface area is 182 Å². The van der Waals surface area contributed by atoms with Crippen LogP contribution in [0.25, 0.3) is 0 Å². The van der Waals surface area contributed by atoms with Gasteiger partial charge in [-0.1, -0.05) is 6.07 Å². The van der Waals surface area contributed by atoms with E-state index in [1.54, 1.807) is 24.3 Å². The Hall–Kier alpha value is -3.39. The fourth-order valence-corrected chi connectivity index (χ4v) is 4.20. The van der Waals surface area contributed by atoms with Crippen molar-refractivity contribution in [2.45, 2.75) is 37.6 Å². The zero-order valence-electron chi connectivity index (χ0n) is 17.3. The maximum absolute atomic E-state index is 12.9. The molecule has 1 amide bonds. The van der Waals surface area contributed by atoms with E-state index in [0.717, 1.165) is 32.5 Å². The fraction of sp³-hybridized carbons (Fsp3) is 0.429. The number of aryl methyl sites for hydroxylation is 1. The molecular formula is C21H22F3N5O3. The van der Waals surface area contributed by atoms with Crippen LogP contribution in [0.4, 0.5) is 13.2 Å². The van der Waals surface area contributed by atoms with E-state index < -0.39 is 12.1 Å². The average molecular weight is 449 g/mol. The topological polar surface area (TPSA) is 102 Å². The van der Waals surface area contributed by atoms with E-state index in [2.05, 4.69) is 22.3 Å². The second kappa shape index (κ2) is 9.40. The minimum absolute atomic E-state index is 0.0489. The van der Waals surface area contributed by atoms with Crippen molar-refractivity contribution >= 4 is 11.9 Å². The molecule has 1 N–H and O–H groups in total. The lowest BCUT2D eigenvalue weighted by Gasteiger charge is -2.25. The van der Waals surface area contributed by atoms with E-state index in [-0.39, 0.29) is 11.9 Å². The highest BCUT2D eigenvalue weighted by Crippen LogP contribution is 2.33. The van der Waals surface area contributed by atoms with Crippen LogP contribution in [0.5, 0.6) is 0 Å². The smallest absolute Gasteiger partial charge is 0.475 e. The number of likely N-dealkylation sites (tertiary alicyclic amines) is 2. The number of aromatic nitrogens is 2. The van der Waals surface area contributed by atoms with E-state index in [1.165, 1.54) is 5.56 Å². The Morgan fingerprint density at radius 2 is 1.94 bits per heavy atom. The third-order valence-electron chi connectivity index (χ3n) is 5.58. The zero-order valence-corrected chi connectivity index (χ0v) is 17.3. The summed E-state index contributed by atoms with van der Waals surface area (Å²) in [4.78, 5) is 26.3. The highest BCUT2D eigenvalue weighted by Gasteiger charge is 2.44. The number of benzene rings is 1. The Bertz CT molecular complexity index is 1030. The first-order valence-corrected chi connectivity index (χ1v) is 9.93. The van der Waals surface area contributed by atoms with E-state index in [4.69, 9.17) is 15.2 Å². The largest absolute Gasteiger partial charge is 0.490 e. The molecule has 0 saturated carbocycles. The van der Waals surface area contributed by atoms with Gasteiger partial charge in [0.1, 0.15) is 0 Å². The van der Waals surface area contributed by atoms with E-state index in [9.17, 15) is 18.0 Å². The summed E-state index contributed by atoms with van der Waals surface area (Å²) in [5.74, 6) is -2.71. The van der Waals surface area contributed by atoms with Crippen LogP contribution in [0.2, 0.25) is 0 Å². The number of fused-ring (bicyclic) bond motifs is 1. The van der Waals surface area contributed by atoms with Crippen molar-refractivity contribution in [1.29, 1.82) is 5.26 Å². The molecule has 2 fully saturated rings. The molecule has 1 aromatic carbocycles. The van der Waals surface area contributed by atoms with Crippen LogP contribution in [0.15, 0.2) is 36.7 Å². The SMILES string of the molecule is Cn1cc(CN2CC[C@@H]3[C@@H]2CCN3C(=O)c2cccc(C#N)c2)cn1.O=C(O)C(F)(F)F. The molecule has 8 nitrogen and oxygen atoms in total. The van der Waals surface area contributed by atoms with Crippen LogP contribution >= 0.6 is 0 Å². The fourth-order valence-electron chi connectivity index (χ4n) is 4.20. The van der Waals surface area contributed by atoms with Crippen LogP contribution in [-0.4, -0.2) is 67.9 Å². The lowest BCUT2D eigenvalue weighted by Crippen LogP contribution is -2.39. The number of halogens is 3. The van der Waals surface area contributed by atoms with Gasteiger partial charge in [0.05, 0.1) is 17.8 Å². The van der Waals surface area contributed by atoms with Gasteiger partial charge in [0, 0.05) is 56.1 Å². The number of hydrogen-bond acceptors (Lipinski definition) is 5. The van der Waals surface area contributed by atoms with E-state index in [0.29, 0.717) is 17.2 Å². The molecule has 0 unspecified atom stereocenters. The van der Waals surface area contributed by atoms with Crippen molar-refractivity contribution < 1.29 is 27.9 Å². The number of rotatable bonds is 3. The predicted octanol–water partition coefficient (Wildman–Crippen LogP) is 2.41. The molecule has 4 rings (SSSR count). The summed E-state index contributed by atoms with van der Waals surface area (Å²) in [6, 6.07) is 9.81. The Kier molecular flexibility index (Phi) is 6.84. The monoisotopic (exact) mass is 449 g/mol. The van der Waals surface area contributed by atoms with Crippen molar-refractivity contribution in [3.63, 3.8) is 0 Å². The van der Waals surface area contributed by atoms with E-state index >= 15 is 0 Å². The molecule has 2 aliphatic rings. The Morgan fingerprint density at radius 1 is 1.25 bits per heavy atom. The number of amides is 1. The summed E-state index contributed by atoms with van der Waals surface area (Å²) in [6.45, 7) is 2.68. The van der Waals surface area contributed by atoms with Crippen LogP contribution in [-0.2, 0) is 18.4 Å². The first-order chi connectivity index (χ1) is 15.1. The van der Waals surface area contributed by atoms with Crippen molar-refractivity contribution in [2.75, 3.05) is 13.1 Å². The average Bonchev–Trinajstić information content (AvgIpc) is 3.45. The molecule has 0 aliphatic carbocycles. The molecule has 0 spiro atoms. The van der Waals surface area contributed by atoms with Gasteiger partial charge in [0.2, 0.25) is 0 Å². The summed E-state index contributed by atoms with van der Waals surface area (Å²) in [7, 11) is 1.93. The minimum atomic E-state index is -5.08. The normalized spacial score (nSPS) is 20.3. The molecule has 3 heterocycles. The molecule has 170 valence electrons. The molecule has 2 atom stereocenters. The highest BCUT2D eigenvalue weighted by molar-refractivity contribution is 5.95. The number of nitrogens with zero attached hydrogens (tertiary/aromatic N) is 5. The van der Waals surface area contributed by atoms with E-state index in [1.807, 2.05) is 22.8 Å². The van der Waals surface area contributed by atoms with Gasteiger partial charge in [-0.2, -0.15) is 23.5 Å². The summed E-state index contributed by atoms with van der Waals surface area (Å²) in [5.41, 5.74) is 2.37. The molecule has 11 heteroatoms. The summed E-state index contributed by atoms with van der Waals surface area (Å²) >= 11 is 0. The number of carboxylic acids is 1. The number of carbonyl (C=O) groups excluding carboxylic acids is 1. The summed E-state index contributed by atoms with van der Waals surface area (Å²) < 4.78 is 33.6. The van der Waals surface area contributed by atoms with Crippen molar-refractivity contribution in [3.8, 4) is 6.07 Å². The van der Waals surface area contributed by atoms with Crippen LogP contribution in [0, 0.1) is 11.3 Å². The first-order valence-electron chi connectivity index (χ1n) is 9.93.